The molecule has 1 N–H and O–H groups in total. The number of benzene rings is 1. The van der Waals surface area contributed by atoms with Crippen LogP contribution < -0.4 is 10.1 Å². The lowest BCUT2D eigenvalue weighted by molar-refractivity contribution is -0.148. The molecule has 4 rings (SSSR count). The Balaban J connectivity index is 1.86. The van der Waals surface area contributed by atoms with Gasteiger partial charge in [-0.15, -0.1) is 0 Å². The molecule has 0 radical (unpaired) electrons. The Morgan fingerprint density at radius 2 is 2.36 bits per heavy atom. The van der Waals surface area contributed by atoms with Crippen molar-refractivity contribution in [2.24, 2.45) is 0 Å². The van der Waals surface area contributed by atoms with E-state index in [4.69, 9.17) is 9.47 Å². The molecule has 3 heterocycles. The Bertz CT molecular complexity index is 804. The quantitative estimate of drug-likeness (QED) is 0.907. The maximum Gasteiger partial charge on any atom is 0.260 e. The van der Waals surface area contributed by atoms with Crippen molar-refractivity contribution in [3.63, 3.8) is 0 Å². The van der Waals surface area contributed by atoms with Crippen molar-refractivity contribution in [2.75, 3.05) is 26.8 Å². The number of fused-ring (bicyclic) bond motifs is 3. The van der Waals surface area contributed by atoms with Gasteiger partial charge in [-0.1, -0.05) is 13.0 Å². The van der Waals surface area contributed by atoms with Crippen LogP contribution in [0.1, 0.15) is 30.1 Å². The van der Waals surface area contributed by atoms with Crippen LogP contribution >= 0.6 is 0 Å². The standard InChI is InChI=1S/C19H23N3O3/c1-3-19(24-2)12-20-11-14-6-8-25-17-9-13-5-4-7-21-16(13)10-15(17)18(23)22(14)19/h4-5,7,9-10,14,20H,3,6,8,11-12H2,1-2H3. The van der Waals surface area contributed by atoms with Gasteiger partial charge in [0.2, 0.25) is 0 Å². The molecule has 0 spiro atoms. The van der Waals surface area contributed by atoms with E-state index in [0.717, 1.165) is 30.3 Å². The molecule has 2 unspecified atom stereocenters. The van der Waals surface area contributed by atoms with Gasteiger partial charge in [0.1, 0.15) is 5.75 Å². The highest BCUT2D eigenvalue weighted by Gasteiger charge is 2.46. The van der Waals surface area contributed by atoms with Gasteiger partial charge in [-0.3, -0.25) is 9.78 Å². The summed E-state index contributed by atoms with van der Waals surface area (Å²) in [5.41, 5.74) is 0.728. The highest BCUT2D eigenvalue weighted by atomic mass is 16.5. The molecule has 1 saturated heterocycles. The van der Waals surface area contributed by atoms with E-state index in [9.17, 15) is 4.79 Å². The molecule has 1 aromatic carbocycles. The summed E-state index contributed by atoms with van der Waals surface area (Å²) < 4.78 is 11.8. The summed E-state index contributed by atoms with van der Waals surface area (Å²) in [6.45, 7) is 4.00. The highest BCUT2D eigenvalue weighted by molar-refractivity contribution is 6.01. The Morgan fingerprint density at radius 3 is 3.16 bits per heavy atom. The van der Waals surface area contributed by atoms with Crippen molar-refractivity contribution in [3.8, 4) is 5.75 Å². The van der Waals surface area contributed by atoms with Crippen LogP contribution in [0.25, 0.3) is 10.9 Å². The number of carbonyl (C=O) groups excluding carboxylic acids is 1. The van der Waals surface area contributed by atoms with E-state index in [-0.39, 0.29) is 11.9 Å². The van der Waals surface area contributed by atoms with Crippen molar-refractivity contribution >= 4 is 16.8 Å². The molecule has 0 bridgehead atoms. The third-order valence-electron chi connectivity index (χ3n) is 5.38. The molecule has 0 saturated carbocycles. The van der Waals surface area contributed by atoms with E-state index in [1.54, 1.807) is 13.3 Å². The summed E-state index contributed by atoms with van der Waals surface area (Å²) in [7, 11) is 1.68. The van der Waals surface area contributed by atoms with E-state index in [0.29, 0.717) is 24.5 Å². The molecule has 2 aliphatic heterocycles. The fourth-order valence-corrected chi connectivity index (χ4v) is 3.96. The average Bonchev–Trinajstić information content (AvgIpc) is 2.65. The summed E-state index contributed by atoms with van der Waals surface area (Å²) in [5.74, 6) is 0.584. The van der Waals surface area contributed by atoms with Gasteiger partial charge in [0.25, 0.3) is 5.91 Å². The first kappa shape index (κ1) is 16.3. The molecule has 2 atom stereocenters. The second-order valence-corrected chi connectivity index (χ2v) is 6.65. The van der Waals surface area contributed by atoms with Gasteiger partial charge < -0.3 is 19.7 Å². The minimum atomic E-state index is -0.631. The second-order valence-electron chi connectivity index (χ2n) is 6.65. The molecular weight excluding hydrogens is 318 g/mol. The largest absolute Gasteiger partial charge is 0.493 e. The topological polar surface area (TPSA) is 63.7 Å². The predicted molar refractivity (Wildman–Crippen MR) is 94.7 cm³/mol. The van der Waals surface area contributed by atoms with Crippen LogP contribution in [0.3, 0.4) is 0 Å². The zero-order valence-electron chi connectivity index (χ0n) is 14.6. The summed E-state index contributed by atoms with van der Waals surface area (Å²) in [4.78, 5) is 19.8. The second kappa shape index (κ2) is 6.28. The molecule has 0 aliphatic carbocycles. The van der Waals surface area contributed by atoms with Crippen molar-refractivity contribution in [1.82, 2.24) is 15.2 Å². The molecular formula is C19H23N3O3. The van der Waals surface area contributed by atoms with Crippen LogP contribution in [-0.2, 0) is 4.74 Å². The van der Waals surface area contributed by atoms with Crippen LogP contribution in [0.15, 0.2) is 30.5 Å². The van der Waals surface area contributed by atoms with Crippen LogP contribution in [0.2, 0.25) is 0 Å². The predicted octanol–water partition coefficient (Wildman–Crippen LogP) is 2.18. The van der Waals surface area contributed by atoms with Gasteiger partial charge in [-0.05, 0) is 24.6 Å². The minimum Gasteiger partial charge on any atom is -0.493 e. The Labute approximate surface area is 147 Å². The molecule has 6 nitrogen and oxygen atoms in total. The Hall–Kier alpha value is -2.18. The summed E-state index contributed by atoms with van der Waals surface area (Å²) >= 11 is 0. The van der Waals surface area contributed by atoms with Crippen LogP contribution in [0, 0.1) is 0 Å². The summed E-state index contributed by atoms with van der Waals surface area (Å²) in [6, 6.07) is 7.67. The normalized spacial score (nSPS) is 26.4. The molecule has 1 fully saturated rings. The lowest BCUT2D eigenvalue weighted by Crippen LogP contribution is -2.68. The van der Waals surface area contributed by atoms with Crippen molar-refractivity contribution < 1.29 is 14.3 Å². The van der Waals surface area contributed by atoms with E-state index in [1.165, 1.54) is 0 Å². The zero-order chi connectivity index (χ0) is 17.4. The van der Waals surface area contributed by atoms with Crippen LogP contribution in [0.5, 0.6) is 5.75 Å². The van der Waals surface area contributed by atoms with Gasteiger partial charge in [-0.25, -0.2) is 0 Å². The lowest BCUT2D eigenvalue weighted by atomic mass is 9.96. The number of piperazine rings is 1. The number of methoxy groups -OCH3 is 1. The van der Waals surface area contributed by atoms with Gasteiger partial charge in [0.15, 0.2) is 5.72 Å². The lowest BCUT2D eigenvalue weighted by Gasteiger charge is -2.51. The molecule has 1 amide bonds. The fourth-order valence-electron chi connectivity index (χ4n) is 3.96. The number of nitrogens with zero attached hydrogens (tertiary/aromatic N) is 2. The Morgan fingerprint density at radius 1 is 1.48 bits per heavy atom. The van der Waals surface area contributed by atoms with Gasteiger partial charge in [0, 0.05) is 38.2 Å². The molecule has 2 aliphatic rings. The van der Waals surface area contributed by atoms with Crippen LogP contribution in [0.4, 0.5) is 0 Å². The number of pyridine rings is 1. The highest BCUT2D eigenvalue weighted by Crippen LogP contribution is 2.35. The Kier molecular flexibility index (Phi) is 4.09. The monoisotopic (exact) mass is 341 g/mol. The van der Waals surface area contributed by atoms with E-state index in [1.807, 2.05) is 29.2 Å². The number of amides is 1. The molecule has 1 aromatic heterocycles. The molecule has 132 valence electrons. The van der Waals surface area contributed by atoms with E-state index in [2.05, 4.69) is 17.2 Å². The van der Waals surface area contributed by atoms with Gasteiger partial charge >= 0.3 is 0 Å². The van der Waals surface area contributed by atoms with Crippen molar-refractivity contribution in [3.05, 3.63) is 36.0 Å². The fraction of sp³-hybridized carbons (Fsp3) is 0.474. The number of hydrogen-bond donors (Lipinski definition) is 1. The maximum absolute atomic E-state index is 13.5. The SMILES string of the molecule is CCC1(OC)CNCC2CCOc3cc4cccnc4cc3C(=O)N21. The first-order valence-corrected chi connectivity index (χ1v) is 8.79. The molecule has 25 heavy (non-hydrogen) atoms. The number of carbonyl (C=O) groups is 1. The van der Waals surface area contributed by atoms with Gasteiger partial charge in [0.05, 0.1) is 23.7 Å². The minimum absolute atomic E-state index is 0.0440. The van der Waals surface area contributed by atoms with E-state index < -0.39 is 5.72 Å². The smallest absolute Gasteiger partial charge is 0.260 e. The number of aromatic nitrogens is 1. The third-order valence-corrected chi connectivity index (χ3v) is 5.38. The molecule has 2 aromatic rings. The van der Waals surface area contributed by atoms with Gasteiger partial charge in [-0.2, -0.15) is 0 Å². The van der Waals surface area contributed by atoms with Crippen molar-refractivity contribution in [2.45, 2.75) is 31.5 Å². The maximum atomic E-state index is 13.5. The first-order valence-electron chi connectivity index (χ1n) is 8.79. The number of ether oxygens (including phenoxy) is 2. The van der Waals surface area contributed by atoms with Crippen LogP contribution in [-0.4, -0.2) is 54.4 Å². The first-order chi connectivity index (χ1) is 12.2. The summed E-state index contributed by atoms with van der Waals surface area (Å²) in [5, 5.41) is 4.38. The number of nitrogens with one attached hydrogen (secondary N) is 1. The number of rotatable bonds is 2. The number of hydrogen-bond acceptors (Lipinski definition) is 5. The summed E-state index contributed by atoms with van der Waals surface area (Å²) in [6.07, 6.45) is 3.23. The van der Waals surface area contributed by atoms with E-state index >= 15 is 0 Å². The average molecular weight is 341 g/mol. The molecule has 6 heteroatoms. The zero-order valence-corrected chi connectivity index (χ0v) is 14.6. The third kappa shape index (κ3) is 2.56. The van der Waals surface area contributed by atoms with Crippen molar-refractivity contribution in [1.29, 1.82) is 0 Å².